The molecule has 8 nitrogen and oxygen atoms in total. The second-order valence-corrected chi connectivity index (χ2v) is 10.0. The topological polar surface area (TPSA) is 106 Å². The highest BCUT2D eigenvalue weighted by molar-refractivity contribution is 7.91. The van der Waals surface area contributed by atoms with Gasteiger partial charge in [0.15, 0.2) is 15.6 Å². The zero-order chi connectivity index (χ0) is 20.1. The van der Waals surface area contributed by atoms with E-state index in [1.165, 1.54) is 17.7 Å². The Balaban J connectivity index is 1.34. The Labute approximate surface area is 165 Å². The standard InChI is InChI=1S/C19H28N2O6S/c1-14(17-9-16(12-27-17)26-11-15-5-6-15)13-28(24,25)8-4-2-3-7-21-10-18(22)20-19(21)23/h9,12,14-15H,2-8,10-11,13H2,1H3,(H,20,22,23)/t14-/m0/s1. The Kier molecular flexibility index (Phi) is 6.64. The number of rotatable bonds is 12. The van der Waals surface area contributed by atoms with Crippen molar-refractivity contribution >= 4 is 21.8 Å². The van der Waals surface area contributed by atoms with Crippen LogP contribution in [-0.4, -0.2) is 56.5 Å². The number of hydrogen-bond acceptors (Lipinski definition) is 6. The smallest absolute Gasteiger partial charge is 0.324 e. The molecule has 3 amide bonds. The first-order chi connectivity index (χ1) is 13.3. The van der Waals surface area contributed by atoms with Crippen LogP contribution in [0.2, 0.25) is 0 Å². The van der Waals surface area contributed by atoms with Crippen molar-refractivity contribution in [2.24, 2.45) is 5.92 Å². The Morgan fingerprint density at radius 2 is 2.07 bits per heavy atom. The van der Waals surface area contributed by atoms with Gasteiger partial charge < -0.3 is 14.1 Å². The van der Waals surface area contributed by atoms with Crippen molar-refractivity contribution in [2.75, 3.05) is 31.2 Å². The van der Waals surface area contributed by atoms with Gasteiger partial charge in [-0.15, -0.1) is 0 Å². The van der Waals surface area contributed by atoms with Gasteiger partial charge in [-0.1, -0.05) is 13.3 Å². The lowest BCUT2D eigenvalue weighted by Gasteiger charge is -2.13. The van der Waals surface area contributed by atoms with Gasteiger partial charge in [-0.2, -0.15) is 0 Å². The molecule has 0 radical (unpaired) electrons. The maximum Gasteiger partial charge on any atom is 0.324 e. The quantitative estimate of drug-likeness (QED) is 0.417. The maximum absolute atomic E-state index is 12.4. The molecule has 1 aliphatic heterocycles. The second kappa shape index (κ2) is 8.98. The third-order valence-corrected chi connectivity index (χ3v) is 6.94. The van der Waals surface area contributed by atoms with E-state index in [1.807, 2.05) is 6.92 Å². The number of carbonyl (C=O) groups is 2. The lowest BCUT2D eigenvalue weighted by atomic mass is 10.1. The van der Waals surface area contributed by atoms with Crippen molar-refractivity contribution < 1.29 is 27.2 Å². The summed E-state index contributed by atoms with van der Waals surface area (Å²) in [7, 11) is -3.20. The van der Waals surface area contributed by atoms with Gasteiger partial charge in [0.1, 0.15) is 18.6 Å². The molecule has 2 aliphatic rings. The summed E-state index contributed by atoms with van der Waals surface area (Å²) in [6, 6.07) is 1.41. The van der Waals surface area contributed by atoms with Gasteiger partial charge in [-0.05, 0) is 31.6 Å². The van der Waals surface area contributed by atoms with Gasteiger partial charge in [0.2, 0.25) is 5.91 Å². The van der Waals surface area contributed by atoms with Crippen LogP contribution in [0.3, 0.4) is 0 Å². The molecular weight excluding hydrogens is 384 g/mol. The fourth-order valence-corrected chi connectivity index (χ4v) is 4.92. The third kappa shape index (κ3) is 6.25. The summed E-state index contributed by atoms with van der Waals surface area (Å²) in [4.78, 5) is 24.0. The summed E-state index contributed by atoms with van der Waals surface area (Å²) < 4.78 is 35.9. The first-order valence-corrected chi connectivity index (χ1v) is 11.6. The van der Waals surface area contributed by atoms with Crippen LogP contribution >= 0.6 is 0 Å². The van der Waals surface area contributed by atoms with E-state index in [-0.39, 0.29) is 35.9 Å². The molecule has 156 valence electrons. The van der Waals surface area contributed by atoms with Crippen LogP contribution in [0.25, 0.3) is 0 Å². The van der Waals surface area contributed by atoms with Crippen LogP contribution in [0.1, 0.15) is 50.7 Å². The largest absolute Gasteiger partial charge is 0.490 e. The summed E-state index contributed by atoms with van der Waals surface area (Å²) in [6.45, 7) is 3.08. The molecule has 2 heterocycles. The predicted octanol–water partition coefficient (Wildman–Crippen LogP) is 2.31. The minimum absolute atomic E-state index is 0.0333. The van der Waals surface area contributed by atoms with Crippen molar-refractivity contribution in [1.82, 2.24) is 10.2 Å². The molecular formula is C19H28N2O6S. The molecule has 3 rings (SSSR count). The fraction of sp³-hybridized carbons (Fsp3) is 0.684. The summed E-state index contributed by atoms with van der Waals surface area (Å²) in [5, 5.41) is 2.22. The Morgan fingerprint density at radius 1 is 1.29 bits per heavy atom. The molecule has 2 fully saturated rings. The molecule has 0 spiro atoms. The molecule has 1 N–H and O–H groups in total. The van der Waals surface area contributed by atoms with E-state index in [9.17, 15) is 18.0 Å². The van der Waals surface area contributed by atoms with Crippen molar-refractivity contribution in [3.8, 4) is 5.75 Å². The van der Waals surface area contributed by atoms with E-state index in [0.717, 1.165) is 0 Å². The molecule has 0 bridgehead atoms. The second-order valence-electron chi connectivity index (χ2n) is 7.79. The van der Waals surface area contributed by atoms with Crippen molar-refractivity contribution in [3.05, 3.63) is 18.1 Å². The van der Waals surface area contributed by atoms with Crippen LogP contribution in [-0.2, 0) is 14.6 Å². The number of unbranched alkanes of at least 4 members (excludes halogenated alkanes) is 2. The van der Waals surface area contributed by atoms with E-state index in [1.54, 1.807) is 12.3 Å². The number of sulfone groups is 1. The van der Waals surface area contributed by atoms with E-state index in [0.29, 0.717) is 49.8 Å². The van der Waals surface area contributed by atoms with Crippen molar-refractivity contribution in [2.45, 2.75) is 44.9 Å². The molecule has 1 aromatic heterocycles. The number of amides is 3. The summed E-state index contributed by atoms with van der Waals surface area (Å²) in [5.41, 5.74) is 0. The SMILES string of the molecule is C[C@@H](CS(=O)(=O)CCCCCN1CC(=O)NC1=O)c1cc(OCC2CC2)co1. The number of ether oxygens (including phenoxy) is 1. The first kappa shape index (κ1) is 20.7. The molecule has 0 aromatic carbocycles. The van der Waals surface area contributed by atoms with Gasteiger partial charge in [-0.25, -0.2) is 13.2 Å². The van der Waals surface area contributed by atoms with Gasteiger partial charge in [0.25, 0.3) is 0 Å². The molecule has 1 aromatic rings. The normalized spacial score (nSPS) is 18.4. The molecule has 1 atom stereocenters. The van der Waals surface area contributed by atoms with Crippen LogP contribution in [0.4, 0.5) is 4.79 Å². The minimum Gasteiger partial charge on any atom is -0.490 e. The van der Waals surface area contributed by atoms with E-state index in [4.69, 9.17) is 9.15 Å². The van der Waals surface area contributed by atoms with Crippen molar-refractivity contribution in [3.63, 3.8) is 0 Å². The number of hydrogen-bond donors (Lipinski definition) is 1. The van der Waals surface area contributed by atoms with Gasteiger partial charge in [0, 0.05) is 18.5 Å². The number of carbonyl (C=O) groups excluding carboxylic acids is 2. The fourth-order valence-electron chi connectivity index (χ4n) is 3.18. The highest BCUT2D eigenvalue weighted by Gasteiger charge is 2.26. The van der Waals surface area contributed by atoms with E-state index in [2.05, 4.69) is 5.32 Å². The number of urea groups is 1. The molecule has 1 saturated heterocycles. The highest BCUT2D eigenvalue weighted by Crippen LogP contribution is 2.31. The summed E-state index contributed by atoms with van der Waals surface area (Å²) in [5.74, 6) is 1.55. The highest BCUT2D eigenvalue weighted by atomic mass is 32.2. The van der Waals surface area contributed by atoms with Crippen LogP contribution < -0.4 is 10.1 Å². The van der Waals surface area contributed by atoms with Crippen LogP contribution in [0.5, 0.6) is 5.75 Å². The first-order valence-electron chi connectivity index (χ1n) is 9.83. The van der Waals surface area contributed by atoms with Gasteiger partial charge in [0.05, 0.1) is 18.1 Å². The predicted molar refractivity (Wildman–Crippen MR) is 103 cm³/mol. The van der Waals surface area contributed by atoms with Crippen LogP contribution in [0, 0.1) is 5.92 Å². The molecule has 1 aliphatic carbocycles. The Bertz CT molecular complexity index is 799. The Hall–Kier alpha value is -2.03. The molecule has 9 heteroatoms. The van der Waals surface area contributed by atoms with Gasteiger partial charge >= 0.3 is 6.03 Å². The lowest BCUT2D eigenvalue weighted by molar-refractivity contribution is -0.118. The van der Waals surface area contributed by atoms with E-state index >= 15 is 0 Å². The number of furan rings is 1. The maximum atomic E-state index is 12.4. The van der Waals surface area contributed by atoms with Gasteiger partial charge in [-0.3, -0.25) is 10.1 Å². The molecule has 1 saturated carbocycles. The zero-order valence-electron chi connectivity index (χ0n) is 16.2. The minimum atomic E-state index is -3.20. The average Bonchev–Trinajstić information content (AvgIpc) is 3.23. The molecule has 28 heavy (non-hydrogen) atoms. The lowest BCUT2D eigenvalue weighted by Crippen LogP contribution is -2.29. The molecule has 0 unspecified atom stereocenters. The Morgan fingerprint density at radius 3 is 2.75 bits per heavy atom. The van der Waals surface area contributed by atoms with Crippen molar-refractivity contribution in [1.29, 1.82) is 0 Å². The summed E-state index contributed by atoms with van der Waals surface area (Å²) >= 11 is 0. The number of nitrogens with zero attached hydrogens (tertiary/aromatic N) is 1. The summed E-state index contributed by atoms with van der Waals surface area (Å²) in [6.07, 6.45) is 5.86. The number of imide groups is 1. The van der Waals surface area contributed by atoms with E-state index < -0.39 is 9.84 Å². The zero-order valence-corrected chi connectivity index (χ0v) is 17.0. The number of nitrogens with one attached hydrogen (secondary N) is 1. The monoisotopic (exact) mass is 412 g/mol. The van der Waals surface area contributed by atoms with Crippen LogP contribution in [0.15, 0.2) is 16.7 Å². The third-order valence-electron chi connectivity index (χ3n) is 5.02. The average molecular weight is 413 g/mol.